The fourth-order valence-electron chi connectivity index (χ4n) is 1.71. The highest BCUT2D eigenvalue weighted by Gasteiger charge is 2.02. The largest absolute Gasteiger partial charge is 0.0708 e. The van der Waals surface area contributed by atoms with Gasteiger partial charge < -0.3 is 0 Å². The Morgan fingerprint density at radius 2 is 1.42 bits per heavy atom. The van der Waals surface area contributed by atoms with Crippen molar-refractivity contribution in [1.82, 2.24) is 0 Å². The molecular formula is C9H17Si3. The molecule has 0 aliphatic carbocycles. The van der Waals surface area contributed by atoms with Crippen LogP contribution in [0, 0.1) is 6.07 Å². The lowest BCUT2D eigenvalue weighted by Crippen LogP contribution is -2.46. The Morgan fingerprint density at radius 3 is 1.75 bits per heavy atom. The average molecular weight is 209 g/mol. The fraction of sp³-hybridized carbons (Fsp3) is 0.333. The molecule has 0 aliphatic heterocycles. The van der Waals surface area contributed by atoms with Crippen LogP contribution in [0.1, 0.15) is 0 Å². The summed E-state index contributed by atoms with van der Waals surface area (Å²) in [6, 6.07) is 7.78. The Hall–Kier alpha value is -0.129. The van der Waals surface area contributed by atoms with Crippen molar-refractivity contribution in [2.75, 3.05) is 0 Å². The van der Waals surface area contributed by atoms with Crippen molar-refractivity contribution < 1.29 is 0 Å². The Labute approximate surface area is 82.2 Å². The van der Waals surface area contributed by atoms with Crippen LogP contribution in [0.25, 0.3) is 0 Å². The zero-order valence-electron chi connectivity index (χ0n) is 8.28. The van der Waals surface area contributed by atoms with Crippen LogP contribution in [0.4, 0.5) is 0 Å². The molecule has 0 saturated carbocycles. The Kier molecular flexibility index (Phi) is 3.97. The smallest absolute Gasteiger partial charge is 0.0515 e. The molecule has 0 bridgehead atoms. The van der Waals surface area contributed by atoms with E-state index in [4.69, 9.17) is 0 Å². The summed E-state index contributed by atoms with van der Waals surface area (Å²) < 4.78 is 0. The molecule has 0 atom stereocenters. The fourth-order valence-corrected chi connectivity index (χ4v) is 8.02. The van der Waals surface area contributed by atoms with Crippen molar-refractivity contribution in [1.29, 1.82) is 0 Å². The van der Waals surface area contributed by atoms with Gasteiger partial charge in [0.2, 0.25) is 0 Å². The number of rotatable bonds is 3. The van der Waals surface area contributed by atoms with Gasteiger partial charge in [-0.3, -0.25) is 0 Å². The molecule has 1 aromatic rings. The van der Waals surface area contributed by atoms with Gasteiger partial charge in [-0.25, -0.2) is 0 Å². The topological polar surface area (TPSA) is 0 Å². The van der Waals surface area contributed by atoms with Crippen LogP contribution in [0.2, 0.25) is 19.6 Å². The quantitative estimate of drug-likeness (QED) is 0.506. The van der Waals surface area contributed by atoms with Crippen molar-refractivity contribution >= 4 is 44.1 Å². The van der Waals surface area contributed by atoms with E-state index in [1.54, 1.807) is 15.6 Å². The van der Waals surface area contributed by atoms with Crippen LogP contribution in [0.15, 0.2) is 12.1 Å². The molecule has 1 radical (unpaired) electrons. The van der Waals surface area contributed by atoms with Crippen molar-refractivity contribution in [2.45, 2.75) is 19.6 Å². The van der Waals surface area contributed by atoms with Gasteiger partial charge in [0, 0.05) is 0 Å². The van der Waals surface area contributed by atoms with Crippen LogP contribution in [0.3, 0.4) is 0 Å². The molecule has 3 heteroatoms. The van der Waals surface area contributed by atoms with E-state index in [0.29, 0.717) is 0 Å². The summed E-state index contributed by atoms with van der Waals surface area (Å²) in [5.74, 6) is 0. The Bertz CT molecular complexity index is 236. The molecule has 0 nitrogen and oxygen atoms in total. The number of hydrogen-bond donors (Lipinski definition) is 0. The standard InChI is InChI=1S/C9H17Si3/c1-10-7-5-4-6-8(11-2)9(7)12-3/h5-6H,10-12H2,1-3H3. The van der Waals surface area contributed by atoms with Gasteiger partial charge in [0.15, 0.2) is 0 Å². The molecule has 0 aromatic heterocycles. The Morgan fingerprint density at radius 1 is 0.917 bits per heavy atom. The van der Waals surface area contributed by atoms with Gasteiger partial charge in [0.1, 0.15) is 0 Å². The third-order valence-electron chi connectivity index (χ3n) is 2.41. The number of hydrogen-bond acceptors (Lipinski definition) is 0. The highest BCUT2D eigenvalue weighted by atomic mass is 28.2. The summed E-state index contributed by atoms with van der Waals surface area (Å²) in [6.07, 6.45) is 0. The highest BCUT2D eigenvalue weighted by Crippen LogP contribution is 1.77. The van der Waals surface area contributed by atoms with Crippen LogP contribution >= 0.6 is 0 Å². The summed E-state index contributed by atoms with van der Waals surface area (Å²) in [4.78, 5) is 0. The van der Waals surface area contributed by atoms with Crippen molar-refractivity contribution in [2.24, 2.45) is 0 Å². The monoisotopic (exact) mass is 209 g/mol. The molecule has 0 spiro atoms. The minimum atomic E-state index is 0.0463. The summed E-state index contributed by atoms with van der Waals surface area (Å²) >= 11 is 0. The summed E-state index contributed by atoms with van der Waals surface area (Å²) in [7, 11) is 0.154. The van der Waals surface area contributed by atoms with Gasteiger partial charge >= 0.3 is 0 Å². The SMILES string of the molecule is C[SiH2]c1c[c]cc([SiH2]C)c1[SiH2]C. The van der Waals surface area contributed by atoms with E-state index in [1.807, 2.05) is 0 Å². The molecule has 0 saturated heterocycles. The normalized spacial score (nSPS) is 13.2. The van der Waals surface area contributed by atoms with E-state index < -0.39 is 0 Å². The van der Waals surface area contributed by atoms with Gasteiger partial charge in [-0.05, 0) is 6.07 Å². The maximum absolute atomic E-state index is 3.30. The number of benzene rings is 1. The second kappa shape index (κ2) is 4.79. The third kappa shape index (κ3) is 1.97. The molecule has 0 unspecified atom stereocenters. The first-order chi connectivity index (χ1) is 5.83. The lowest BCUT2D eigenvalue weighted by atomic mass is 10.3. The van der Waals surface area contributed by atoms with Gasteiger partial charge in [-0.1, -0.05) is 47.3 Å². The lowest BCUT2D eigenvalue weighted by molar-refractivity contribution is 1.83. The van der Waals surface area contributed by atoms with Crippen LogP contribution in [-0.4, -0.2) is 28.6 Å². The zero-order valence-corrected chi connectivity index (χ0v) is 12.5. The van der Waals surface area contributed by atoms with E-state index in [-0.39, 0.29) is 28.6 Å². The Balaban J connectivity index is 3.13. The molecule has 1 rings (SSSR count). The first kappa shape index (κ1) is 9.95. The lowest BCUT2D eigenvalue weighted by Gasteiger charge is -2.09. The molecule has 0 fully saturated rings. The first-order valence-corrected chi connectivity index (χ1v) is 11.2. The van der Waals surface area contributed by atoms with Crippen molar-refractivity contribution in [3.05, 3.63) is 18.2 Å². The maximum atomic E-state index is 3.30. The minimum Gasteiger partial charge on any atom is -0.0708 e. The van der Waals surface area contributed by atoms with Gasteiger partial charge in [0.25, 0.3) is 0 Å². The summed E-state index contributed by atoms with van der Waals surface area (Å²) in [6.45, 7) is 7.19. The molecule has 12 heavy (non-hydrogen) atoms. The second-order valence-electron chi connectivity index (χ2n) is 3.05. The van der Waals surface area contributed by atoms with Crippen LogP contribution in [-0.2, 0) is 0 Å². The van der Waals surface area contributed by atoms with Crippen molar-refractivity contribution in [3.8, 4) is 0 Å². The van der Waals surface area contributed by atoms with Gasteiger partial charge in [-0.2, -0.15) is 0 Å². The molecule has 0 heterocycles. The van der Waals surface area contributed by atoms with Crippen LogP contribution in [0.5, 0.6) is 0 Å². The van der Waals surface area contributed by atoms with E-state index in [0.717, 1.165) is 0 Å². The van der Waals surface area contributed by atoms with Gasteiger partial charge in [0.05, 0.1) is 28.6 Å². The van der Waals surface area contributed by atoms with E-state index in [9.17, 15) is 0 Å². The average Bonchev–Trinajstić information content (AvgIpc) is 2.16. The first-order valence-electron chi connectivity index (χ1n) is 4.84. The van der Waals surface area contributed by atoms with Gasteiger partial charge in [-0.15, -0.1) is 0 Å². The molecular weight excluding hydrogens is 192 g/mol. The highest BCUT2D eigenvalue weighted by molar-refractivity contribution is 6.72. The molecule has 0 aliphatic rings. The van der Waals surface area contributed by atoms with E-state index in [2.05, 4.69) is 37.8 Å². The van der Waals surface area contributed by atoms with E-state index >= 15 is 0 Å². The molecule has 0 amide bonds. The summed E-state index contributed by atoms with van der Waals surface area (Å²) in [5.41, 5.74) is 0. The maximum Gasteiger partial charge on any atom is 0.0515 e. The zero-order chi connectivity index (χ0) is 8.97. The predicted molar refractivity (Wildman–Crippen MR) is 67.4 cm³/mol. The van der Waals surface area contributed by atoms with Crippen LogP contribution < -0.4 is 15.6 Å². The third-order valence-corrected chi connectivity index (χ3v) is 7.81. The second-order valence-corrected chi connectivity index (χ2v) is 7.40. The van der Waals surface area contributed by atoms with E-state index in [1.165, 1.54) is 0 Å². The minimum absolute atomic E-state index is 0.0463. The summed E-state index contributed by atoms with van der Waals surface area (Å²) in [5, 5.41) is 5.21. The predicted octanol–water partition coefficient (Wildman–Crippen LogP) is -1.99. The molecule has 65 valence electrons. The van der Waals surface area contributed by atoms with Crippen molar-refractivity contribution in [3.63, 3.8) is 0 Å². The molecule has 1 aromatic carbocycles. The molecule has 0 N–H and O–H groups in total.